The van der Waals surface area contributed by atoms with Gasteiger partial charge in [0.2, 0.25) is 0 Å². The highest BCUT2D eigenvalue weighted by Gasteiger charge is 2.48. The molecular formula is C20H23N3O4. The molecule has 1 N–H and O–H groups in total. The SMILES string of the molecule is O=C1NC2(CCCCC2)N(C(=O)c2cccc([N+](=O)[O-])c2)C2=C1CCCC2. The van der Waals surface area contributed by atoms with Gasteiger partial charge in [0.1, 0.15) is 5.66 Å². The van der Waals surface area contributed by atoms with E-state index in [4.69, 9.17) is 0 Å². The molecule has 0 unspecified atom stereocenters. The first-order valence-corrected chi connectivity index (χ1v) is 9.65. The lowest BCUT2D eigenvalue weighted by Crippen LogP contribution is -2.66. The number of carbonyl (C=O) groups is 2. The molecule has 142 valence electrons. The highest BCUT2D eigenvalue weighted by Crippen LogP contribution is 2.42. The maximum atomic E-state index is 13.5. The van der Waals surface area contributed by atoms with Gasteiger partial charge in [-0.3, -0.25) is 24.6 Å². The molecule has 1 aliphatic heterocycles. The minimum Gasteiger partial charge on any atom is -0.329 e. The second-order valence-corrected chi connectivity index (χ2v) is 7.63. The van der Waals surface area contributed by atoms with Crippen molar-refractivity contribution in [1.29, 1.82) is 0 Å². The van der Waals surface area contributed by atoms with Gasteiger partial charge in [0.05, 0.1) is 4.92 Å². The lowest BCUT2D eigenvalue weighted by Gasteiger charge is -2.51. The third-order valence-electron chi connectivity index (χ3n) is 5.94. The fourth-order valence-electron chi connectivity index (χ4n) is 4.67. The molecule has 27 heavy (non-hydrogen) atoms. The van der Waals surface area contributed by atoms with Gasteiger partial charge in [0.25, 0.3) is 17.5 Å². The number of nitro benzene ring substituents is 1. The van der Waals surface area contributed by atoms with Crippen LogP contribution in [-0.2, 0) is 4.79 Å². The number of hydrogen-bond acceptors (Lipinski definition) is 4. The van der Waals surface area contributed by atoms with Crippen LogP contribution >= 0.6 is 0 Å². The van der Waals surface area contributed by atoms with E-state index in [0.29, 0.717) is 24.0 Å². The van der Waals surface area contributed by atoms with E-state index in [1.165, 1.54) is 18.2 Å². The van der Waals surface area contributed by atoms with Crippen LogP contribution in [0.15, 0.2) is 35.5 Å². The van der Waals surface area contributed by atoms with Crippen molar-refractivity contribution in [2.24, 2.45) is 0 Å². The number of nitro groups is 1. The summed E-state index contributed by atoms with van der Waals surface area (Å²) in [6.45, 7) is 0. The molecule has 2 aliphatic carbocycles. The maximum Gasteiger partial charge on any atom is 0.270 e. The summed E-state index contributed by atoms with van der Waals surface area (Å²) in [7, 11) is 0. The van der Waals surface area contributed by atoms with Crippen molar-refractivity contribution in [1.82, 2.24) is 10.2 Å². The van der Waals surface area contributed by atoms with E-state index in [-0.39, 0.29) is 17.5 Å². The van der Waals surface area contributed by atoms with Gasteiger partial charge >= 0.3 is 0 Å². The predicted octanol–water partition coefficient (Wildman–Crippen LogP) is 3.66. The van der Waals surface area contributed by atoms with Crippen molar-refractivity contribution < 1.29 is 14.5 Å². The molecule has 1 aromatic rings. The molecule has 0 aromatic heterocycles. The summed E-state index contributed by atoms with van der Waals surface area (Å²) in [4.78, 5) is 38.7. The number of amides is 2. The Bertz CT molecular complexity index is 839. The Morgan fingerprint density at radius 3 is 2.59 bits per heavy atom. The quantitative estimate of drug-likeness (QED) is 0.636. The predicted molar refractivity (Wildman–Crippen MR) is 98.7 cm³/mol. The molecule has 0 atom stereocenters. The first-order chi connectivity index (χ1) is 13.0. The molecule has 0 bridgehead atoms. The third-order valence-corrected chi connectivity index (χ3v) is 5.94. The van der Waals surface area contributed by atoms with Crippen molar-refractivity contribution in [2.75, 3.05) is 0 Å². The van der Waals surface area contributed by atoms with Crippen LogP contribution in [0.25, 0.3) is 0 Å². The van der Waals surface area contributed by atoms with Gasteiger partial charge in [-0.25, -0.2) is 0 Å². The number of benzene rings is 1. The van der Waals surface area contributed by atoms with Crippen LogP contribution in [0.4, 0.5) is 5.69 Å². The van der Waals surface area contributed by atoms with E-state index in [9.17, 15) is 19.7 Å². The molecule has 1 heterocycles. The Hall–Kier alpha value is -2.70. The number of non-ortho nitro benzene ring substituents is 1. The normalized spacial score (nSPS) is 21.6. The molecule has 0 saturated heterocycles. The van der Waals surface area contributed by atoms with Crippen LogP contribution in [-0.4, -0.2) is 27.3 Å². The Balaban J connectivity index is 1.81. The van der Waals surface area contributed by atoms with Crippen molar-refractivity contribution in [3.05, 3.63) is 51.2 Å². The largest absolute Gasteiger partial charge is 0.329 e. The van der Waals surface area contributed by atoms with E-state index in [1.807, 2.05) is 0 Å². The number of carbonyl (C=O) groups excluding carboxylic acids is 2. The van der Waals surface area contributed by atoms with E-state index in [1.54, 1.807) is 11.0 Å². The first-order valence-electron chi connectivity index (χ1n) is 9.65. The van der Waals surface area contributed by atoms with Crippen molar-refractivity contribution in [3.63, 3.8) is 0 Å². The second kappa shape index (κ2) is 6.79. The first kappa shape index (κ1) is 17.7. The lowest BCUT2D eigenvalue weighted by atomic mass is 9.81. The second-order valence-electron chi connectivity index (χ2n) is 7.63. The number of nitrogens with zero attached hydrogens (tertiary/aromatic N) is 2. The molecule has 2 amide bonds. The van der Waals surface area contributed by atoms with Crippen molar-refractivity contribution >= 4 is 17.5 Å². The molecule has 7 heteroatoms. The molecule has 1 saturated carbocycles. The van der Waals surface area contributed by atoms with Gasteiger partial charge in [-0.15, -0.1) is 0 Å². The highest BCUT2D eigenvalue weighted by atomic mass is 16.6. The fraction of sp³-hybridized carbons (Fsp3) is 0.500. The van der Waals surface area contributed by atoms with Crippen LogP contribution in [0.5, 0.6) is 0 Å². The smallest absolute Gasteiger partial charge is 0.270 e. The minimum atomic E-state index is -0.701. The standard InChI is InChI=1S/C20H23N3O4/c24-18-16-9-2-3-10-17(16)22(20(21-18)11-4-1-5-12-20)19(25)14-7-6-8-15(13-14)23(26)27/h6-8,13H,1-5,9-12H2,(H,21,24). The molecular weight excluding hydrogens is 346 g/mol. The molecule has 3 aliphatic rings. The van der Waals surface area contributed by atoms with Crippen LogP contribution in [0.1, 0.15) is 68.1 Å². The minimum absolute atomic E-state index is 0.0466. The van der Waals surface area contributed by atoms with Crippen molar-refractivity contribution in [2.45, 2.75) is 63.5 Å². The summed E-state index contributed by atoms with van der Waals surface area (Å²) in [5.74, 6) is -0.301. The van der Waals surface area contributed by atoms with Crippen LogP contribution in [0.3, 0.4) is 0 Å². The maximum absolute atomic E-state index is 13.5. The van der Waals surface area contributed by atoms with Crippen LogP contribution in [0, 0.1) is 10.1 Å². The fourth-order valence-corrected chi connectivity index (χ4v) is 4.67. The topological polar surface area (TPSA) is 92.6 Å². The lowest BCUT2D eigenvalue weighted by molar-refractivity contribution is -0.384. The average Bonchev–Trinajstić information content (AvgIpc) is 2.68. The van der Waals surface area contributed by atoms with E-state index in [2.05, 4.69) is 5.32 Å². The van der Waals surface area contributed by atoms with Crippen LogP contribution < -0.4 is 5.32 Å². The number of nitrogens with one attached hydrogen (secondary N) is 1. The van der Waals surface area contributed by atoms with Gasteiger partial charge in [0.15, 0.2) is 0 Å². The summed E-state index contributed by atoms with van der Waals surface area (Å²) >= 11 is 0. The summed E-state index contributed by atoms with van der Waals surface area (Å²) in [6, 6.07) is 5.87. The molecule has 0 radical (unpaired) electrons. The number of allylic oxidation sites excluding steroid dienone is 1. The Labute approximate surface area is 157 Å². The Morgan fingerprint density at radius 1 is 1.11 bits per heavy atom. The summed E-state index contributed by atoms with van der Waals surface area (Å²) in [5.41, 5.74) is 1.02. The highest BCUT2D eigenvalue weighted by molar-refractivity contribution is 6.02. The monoisotopic (exact) mass is 369 g/mol. The summed E-state index contributed by atoms with van der Waals surface area (Å²) in [5, 5.41) is 14.3. The van der Waals surface area contributed by atoms with Crippen LogP contribution in [0.2, 0.25) is 0 Å². The molecule has 7 nitrogen and oxygen atoms in total. The summed E-state index contributed by atoms with van der Waals surface area (Å²) in [6.07, 6.45) is 7.68. The zero-order chi connectivity index (χ0) is 19.0. The van der Waals surface area contributed by atoms with Gasteiger partial charge in [-0.05, 0) is 57.4 Å². The van der Waals surface area contributed by atoms with E-state index in [0.717, 1.165) is 50.6 Å². The molecule has 4 rings (SSSR count). The molecule has 1 fully saturated rings. The van der Waals surface area contributed by atoms with Gasteiger partial charge < -0.3 is 5.32 Å². The Morgan fingerprint density at radius 2 is 1.85 bits per heavy atom. The van der Waals surface area contributed by atoms with Gasteiger partial charge in [-0.1, -0.05) is 12.5 Å². The van der Waals surface area contributed by atoms with E-state index >= 15 is 0 Å². The Kier molecular flexibility index (Phi) is 4.45. The third kappa shape index (κ3) is 3.01. The van der Waals surface area contributed by atoms with E-state index < -0.39 is 10.6 Å². The zero-order valence-corrected chi connectivity index (χ0v) is 15.2. The molecule has 1 spiro atoms. The van der Waals surface area contributed by atoms with Gasteiger partial charge in [-0.2, -0.15) is 0 Å². The number of rotatable bonds is 2. The average molecular weight is 369 g/mol. The number of hydrogen-bond donors (Lipinski definition) is 1. The summed E-state index contributed by atoms with van der Waals surface area (Å²) < 4.78 is 0. The zero-order valence-electron chi connectivity index (χ0n) is 15.2. The van der Waals surface area contributed by atoms with Crippen molar-refractivity contribution in [3.8, 4) is 0 Å². The van der Waals surface area contributed by atoms with Gasteiger partial charge in [0, 0.05) is 29.0 Å². The molecule has 1 aromatic carbocycles.